The second-order valence-electron chi connectivity index (χ2n) is 7.01. The minimum Gasteiger partial charge on any atom is -0.368 e. The smallest absolute Gasteiger partial charge is 0.233 e. The van der Waals surface area contributed by atoms with Crippen molar-refractivity contribution in [3.63, 3.8) is 0 Å². The number of hydrogen-bond acceptors (Lipinski definition) is 6. The number of benzene rings is 1. The van der Waals surface area contributed by atoms with Crippen LogP contribution in [0.5, 0.6) is 0 Å². The molecular weight excluding hydrogens is 374 g/mol. The molecule has 2 aliphatic rings. The van der Waals surface area contributed by atoms with Crippen molar-refractivity contribution in [2.75, 3.05) is 42.1 Å². The fourth-order valence-electron chi connectivity index (χ4n) is 3.12. The van der Waals surface area contributed by atoms with Crippen LogP contribution in [0.15, 0.2) is 47.5 Å². The molecule has 0 spiro atoms. The fraction of sp³-hybridized carbons (Fsp3) is 0.400. The highest BCUT2D eigenvalue weighted by Crippen LogP contribution is 2.30. The molecular formula is C20H23N5O2S. The largest absolute Gasteiger partial charge is 0.368 e. The lowest BCUT2D eigenvalue weighted by Crippen LogP contribution is -2.49. The van der Waals surface area contributed by atoms with E-state index in [-0.39, 0.29) is 17.7 Å². The van der Waals surface area contributed by atoms with Crippen molar-refractivity contribution < 1.29 is 9.59 Å². The summed E-state index contributed by atoms with van der Waals surface area (Å²) in [5.41, 5.74) is 1.20. The van der Waals surface area contributed by atoms with Crippen molar-refractivity contribution in [3.05, 3.63) is 42.5 Å². The zero-order chi connectivity index (χ0) is 19.3. The molecule has 7 nitrogen and oxygen atoms in total. The predicted molar refractivity (Wildman–Crippen MR) is 109 cm³/mol. The van der Waals surface area contributed by atoms with Gasteiger partial charge in [0.2, 0.25) is 11.8 Å². The zero-order valence-electron chi connectivity index (χ0n) is 15.6. The van der Waals surface area contributed by atoms with Crippen molar-refractivity contribution in [3.8, 4) is 0 Å². The summed E-state index contributed by atoms with van der Waals surface area (Å²) in [5.74, 6) is 1.07. The monoisotopic (exact) mass is 397 g/mol. The van der Waals surface area contributed by atoms with Crippen LogP contribution in [-0.2, 0) is 9.59 Å². The van der Waals surface area contributed by atoms with Gasteiger partial charge in [0.05, 0.1) is 5.75 Å². The van der Waals surface area contributed by atoms with E-state index in [9.17, 15) is 9.59 Å². The molecule has 0 atom stereocenters. The van der Waals surface area contributed by atoms with Crippen LogP contribution in [-0.4, -0.2) is 58.8 Å². The standard InChI is InChI=1S/C20H23N5O2S/c26-19(25-12-10-24(11-13-25)16-4-2-1-3-5-16)14-28-18-9-8-17(22-23-18)21-20(27)15-6-7-15/h1-5,8-9,15H,6-7,10-14H2,(H,21,22,27). The first kappa shape index (κ1) is 18.7. The van der Waals surface area contributed by atoms with E-state index in [1.807, 2.05) is 23.1 Å². The molecule has 0 bridgehead atoms. The molecule has 1 N–H and O–H groups in total. The van der Waals surface area contributed by atoms with Gasteiger partial charge in [-0.3, -0.25) is 9.59 Å². The molecule has 2 heterocycles. The van der Waals surface area contributed by atoms with Gasteiger partial charge in [0, 0.05) is 37.8 Å². The molecule has 28 heavy (non-hydrogen) atoms. The van der Waals surface area contributed by atoms with Gasteiger partial charge in [-0.2, -0.15) is 0 Å². The van der Waals surface area contributed by atoms with E-state index in [0.29, 0.717) is 16.6 Å². The number of amides is 2. The first-order valence-corrected chi connectivity index (χ1v) is 10.5. The average molecular weight is 398 g/mol. The maximum Gasteiger partial charge on any atom is 0.233 e. The summed E-state index contributed by atoms with van der Waals surface area (Å²) in [6.45, 7) is 3.14. The SMILES string of the molecule is O=C(Nc1ccc(SCC(=O)N2CCN(c3ccccc3)CC2)nn1)C1CC1. The number of nitrogens with one attached hydrogen (secondary N) is 1. The van der Waals surface area contributed by atoms with Crippen LogP contribution >= 0.6 is 11.8 Å². The number of para-hydroxylation sites is 1. The lowest BCUT2D eigenvalue weighted by molar-refractivity contribution is -0.128. The molecule has 1 aliphatic carbocycles. The van der Waals surface area contributed by atoms with Crippen LogP contribution in [0.3, 0.4) is 0 Å². The number of nitrogens with zero attached hydrogens (tertiary/aromatic N) is 4. The van der Waals surface area contributed by atoms with Crippen molar-refractivity contribution in [2.45, 2.75) is 17.9 Å². The molecule has 1 aliphatic heterocycles. The summed E-state index contributed by atoms with van der Waals surface area (Å²) in [5, 5.41) is 11.6. The van der Waals surface area contributed by atoms with E-state index in [1.54, 1.807) is 12.1 Å². The number of anilines is 2. The first-order valence-electron chi connectivity index (χ1n) is 9.54. The maximum atomic E-state index is 12.5. The molecule has 8 heteroatoms. The van der Waals surface area contributed by atoms with Gasteiger partial charge in [-0.15, -0.1) is 10.2 Å². The number of rotatable bonds is 6. The van der Waals surface area contributed by atoms with Gasteiger partial charge in [-0.05, 0) is 37.1 Å². The first-order chi connectivity index (χ1) is 13.7. The Morgan fingerprint density at radius 2 is 1.75 bits per heavy atom. The Bertz CT molecular complexity index is 818. The van der Waals surface area contributed by atoms with Gasteiger partial charge in [0.25, 0.3) is 0 Å². The highest BCUT2D eigenvalue weighted by atomic mass is 32.2. The molecule has 0 radical (unpaired) electrons. The number of hydrogen-bond donors (Lipinski definition) is 1. The summed E-state index contributed by atoms with van der Waals surface area (Å²) in [4.78, 5) is 28.4. The third kappa shape index (κ3) is 4.81. The number of carbonyl (C=O) groups excluding carboxylic acids is 2. The van der Waals surface area contributed by atoms with Gasteiger partial charge >= 0.3 is 0 Å². The second-order valence-corrected chi connectivity index (χ2v) is 8.01. The molecule has 146 valence electrons. The van der Waals surface area contributed by atoms with E-state index in [4.69, 9.17) is 0 Å². The van der Waals surface area contributed by atoms with Gasteiger partial charge < -0.3 is 15.1 Å². The zero-order valence-corrected chi connectivity index (χ0v) is 16.4. The van der Waals surface area contributed by atoms with Crippen LogP contribution in [0.2, 0.25) is 0 Å². The lowest BCUT2D eigenvalue weighted by Gasteiger charge is -2.36. The van der Waals surface area contributed by atoms with E-state index in [2.05, 4.69) is 32.5 Å². The summed E-state index contributed by atoms with van der Waals surface area (Å²) >= 11 is 1.37. The van der Waals surface area contributed by atoms with Crippen LogP contribution in [0.25, 0.3) is 0 Å². The Labute approximate surface area is 168 Å². The Morgan fingerprint density at radius 1 is 1.00 bits per heavy atom. The molecule has 1 aromatic carbocycles. The lowest BCUT2D eigenvalue weighted by atomic mass is 10.2. The summed E-state index contributed by atoms with van der Waals surface area (Å²) < 4.78 is 0. The number of thioether (sulfide) groups is 1. The van der Waals surface area contributed by atoms with Crippen LogP contribution in [0.4, 0.5) is 11.5 Å². The van der Waals surface area contributed by atoms with E-state index < -0.39 is 0 Å². The van der Waals surface area contributed by atoms with Crippen molar-refractivity contribution in [2.24, 2.45) is 5.92 Å². The second kappa shape index (κ2) is 8.60. The van der Waals surface area contributed by atoms with Gasteiger partial charge in [-0.25, -0.2) is 0 Å². The highest BCUT2D eigenvalue weighted by molar-refractivity contribution is 7.99. The van der Waals surface area contributed by atoms with Crippen molar-refractivity contribution >= 4 is 35.1 Å². The minimum absolute atomic E-state index is 0.0134. The number of piperazine rings is 1. The Morgan fingerprint density at radius 3 is 2.39 bits per heavy atom. The molecule has 0 unspecified atom stereocenters. The Kier molecular flexibility index (Phi) is 5.76. The quantitative estimate of drug-likeness (QED) is 0.754. The van der Waals surface area contributed by atoms with Crippen molar-refractivity contribution in [1.29, 1.82) is 0 Å². The van der Waals surface area contributed by atoms with Crippen LogP contribution < -0.4 is 10.2 Å². The summed E-state index contributed by atoms with van der Waals surface area (Å²) in [7, 11) is 0. The predicted octanol–water partition coefficient (Wildman–Crippen LogP) is 2.27. The average Bonchev–Trinajstić information content (AvgIpc) is 3.59. The number of carbonyl (C=O) groups is 2. The van der Waals surface area contributed by atoms with Crippen molar-refractivity contribution in [1.82, 2.24) is 15.1 Å². The third-order valence-electron chi connectivity index (χ3n) is 4.94. The van der Waals surface area contributed by atoms with Gasteiger partial charge in [0.15, 0.2) is 5.82 Å². The van der Waals surface area contributed by atoms with Gasteiger partial charge in [0.1, 0.15) is 5.03 Å². The summed E-state index contributed by atoms with van der Waals surface area (Å²) in [6.07, 6.45) is 1.91. The molecule has 1 saturated carbocycles. The molecule has 2 fully saturated rings. The Balaban J connectivity index is 1.22. The Hall–Kier alpha value is -2.61. The molecule has 4 rings (SSSR count). The van der Waals surface area contributed by atoms with E-state index in [0.717, 1.165) is 39.0 Å². The minimum atomic E-state index is 0.0134. The molecule has 1 saturated heterocycles. The van der Waals surface area contributed by atoms with E-state index >= 15 is 0 Å². The highest BCUT2D eigenvalue weighted by Gasteiger charge is 2.29. The molecule has 2 amide bonds. The fourth-order valence-corrected chi connectivity index (χ4v) is 3.83. The normalized spacial score (nSPS) is 16.7. The van der Waals surface area contributed by atoms with Crippen LogP contribution in [0.1, 0.15) is 12.8 Å². The van der Waals surface area contributed by atoms with Crippen LogP contribution in [0, 0.1) is 5.92 Å². The van der Waals surface area contributed by atoms with E-state index in [1.165, 1.54) is 17.4 Å². The summed E-state index contributed by atoms with van der Waals surface area (Å²) in [6, 6.07) is 13.8. The van der Waals surface area contributed by atoms with Gasteiger partial charge in [-0.1, -0.05) is 30.0 Å². The topological polar surface area (TPSA) is 78.4 Å². The maximum absolute atomic E-state index is 12.5. The number of aromatic nitrogens is 2. The molecule has 2 aromatic rings. The third-order valence-corrected chi connectivity index (χ3v) is 5.84. The molecule has 1 aromatic heterocycles.